The van der Waals surface area contributed by atoms with E-state index in [0.29, 0.717) is 34.9 Å². The van der Waals surface area contributed by atoms with Gasteiger partial charge in [0.05, 0.1) is 27.6 Å². The maximum absolute atomic E-state index is 12.6. The van der Waals surface area contributed by atoms with Crippen LogP contribution >= 0.6 is 11.3 Å². The fourth-order valence-electron chi connectivity index (χ4n) is 3.45. The van der Waals surface area contributed by atoms with E-state index in [-0.39, 0.29) is 18.1 Å². The molecule has 3 aromatic rings. The molecule has 2 atom stereocenters. The van der Waals surface area contributed by atoms with Crippen LogP contribution < -0.4 is 10.6 Å². The first-order valence-electron chi connectivity index (χ1n) is 9.28. The van der Waals surface area contributed by atoms with Gasteiger partial charge in [-0.3, -0.25) is 0 Å². The van der Waals surface area contributed by atoms with Crippen molar-refractivity contribution in [2.24, 2.45) is 0 Å². The van der Waals surface area contributed by atoms with E-state index in [1.807, 2.05) is 24.3 Å². The molecular formula is C19H20F3N5OS. The summed E-state index contributed by atoms with van der Waals surface area (Å²) in [4.78, 5) is 13.2. The highest BCUT2D eigenvalue weighted by Gasteiger charge is 2.29. The number of halogens is 3. The van der Waals surface area contributed by atoms with E-state index < -0.39 is 12.7 Å². The number of hydrogen-bond acceptors (Lipinski definition) is 7. The summed E-state index contributed by atoms with van der Waals surface area (Å²) in [5.74, 6) is 0.339. The van der Waals surface area contributed by atoms with Crippen LogP contribution in [0.2, 0.25) is 0 Å². The molecule has 2 heterocycles. The molecule has 10 heteroatoms. The van der Waals surface area contributed by atoms with Gasteiger partial charge in [-0.2, -0.15) is 18.2 Å². The number of nitrogens with one attached hydrogen (secondary N) is 2. The third-order valence-corrected chi connectivity index (χ3v) is 5.84. The minimum atomic E-state index is -4.37. The number of fused-ring (bicyclic) bond motifs is 1. The average molecular weight is 423 g/mol. The van der Waals surface area contributed by atoms with Gasteiger partial charge in [0, 0.05) is 6.04 Å². The number of aliphatic hydroxyl groups excluding tert-OH is 1. The molecule has 0 bridgehead atoms. The van der Waals surface area contributed by atoms with Crippen LogP contribution in [-0.4, -0.2) is 44.9 Å². The van der Waals surface area contributed by atoms with Gasteiger partial charge in [0.25, 0.3) is 0 Å². The van der Waals surface area contributed by atoms with Crippen molar-refractivity contribution in [3.8, 4) is 10.6 Å². The molecule has 1 fully saturated rings. The number of rotatable bonds is 5. The van der Waals surface area contributed by atoms with Crippen molar-refractivity contribution >= 4 is 33.3 Å². The van der Waals surface area contributed by atoms with E-state index >= 15 is 0 Å². The predicted octanol–water partition coefficient (Wildman–Crippen LogP) is 4.36. The molecule has 2 unspecified atom stereocenters. The lowest BCUT2D eigenvalue weighted by Crippen LogP contribution is -2.24. The lowest BCUT2D eigenvalue weighted by molar-refractivity contribution is -0.115. The second-order valence-corrected chi connectivity index (χ2v) is 8.15. The van der Waals surface area contributed by atoms with Crippen LogP contribution in [0.3, 0.4) is 0 Å². The maximum atomic E-state index is 12.6. The quantitative estimate of drug-likeness (QED) is 0.566. The van der Waals surface area contributed by atoms with Crippen LogP contribution in [0.1, 0.15) is 25.0 Å². The van der Waals surface area contributed by atoms with Crippen molar-refractivity contribution in [1.29, 1.82) is 0 Å². The summed E-state index contributed by atoms with van der Waals surface area (Å²) in [6.45, 7) is 0.519. The number of benzene rings is 1. The number of thiazole rings is 1. The van der Waals surface area contributed by atoms with Crippen molar-refractivity contribution in [1.82, 2.24) is 15.0 Å². The van der Waals surface area contributed by atoms with Gasteiger partial charge in [-0.05, 0) is 38.3 Å². The molecule has 0 amide bonds. The molecule has 3 N–H and O–H groups in total. The molecule has 1 aliphatic carbocycles. The van der Waals surface area contributed by atoms with E-state index in [2.05, 4.69) is 25.6 Å². The van der Waals surface area contributed by atoms with Gasteiger partial charge in [0.15, 0.2) is 0 Å². The molecular weight excluding hydrogens is 403 g/mol. The average Bonchev–Trinajstić information content (AvgIpc) is 3.25. The van der Waals surface area contributed by atoms with E-state index in [1.165, 1.54) is 11.3 Å². The summed E-state index contributed by atoms with van der Waals surface area (Å²) >= 11 is 1.48. The van der Waals surface area contributed by atoms with Crippen molar-refractivity contribution in [2.75, 3.05) is 17.2 Å². The fourth-order valence-corrected chi connectivity index (χ4v) is 4.52. The Kier molecular flexibility index (Phi) is 5.30. The minimum Gasteiger partial charge on any atom is -0.393 e. The molecule has 6 nitrogen and oxygen atoms in total. The molecule has 1 aliphatic rings. The number of para-hydroxylation sites is 1. The second-order valence-electron chi connectivity index (χ2n) is 7.12. The SMILES string of the molecule is Cc1nc(NCC(F)(F)F)nc(NC2CCC(O)C2)c1-c1nc2ccccc2s1. The molecule has 0 radical (unpaired) electrons. The Balaban J connectivity index is 1.73. The lowest BCUT2D eigenvalue weighted by atomic mass is 10.2. The Morgan fingerprint density at radius 1 is 1.17 bits per heavy atom. The zero-order chi connectivity index (χ0) is 20.6. The Labute approximate surface area is 169 Å². The number of aromatic nitrogens is 3. The third-order valence-electron chi connectivity index (χ3n) is 4.79. The summed E-state index contributed by atoms with van der Waals surface area (Å²) < 4.78 is 38.8. The normalized spacial score (nSPS) is 19.6. The third kappa shape index (κ3) is 4.59. The first kappa shape index (κ1) is 19.8. The number of hydrogen-bond donors (Lipinski definition) is 3. The second kappa shape index (κ2) is 7.75. The lowest BCUT2D eigenvalue weighted by Gasteiger charge is -2.18. The Hall–Kier alpha value is -2.46. The van der Waals surface area contributed by atoms with Gasteiger partial charge in [0.2, 0.25) is 5.95 Å². The van der Waals surface area contributed by atoms with E-state index in [9.17, 15) is 18.3 Å². The molecule has 0 spiro atoms. The zero-order valence-electron chi connectivity index (χ0n) is 15.6. The summed E-state index contributed by atoms with van der Waals surface area (Å²) in [6.07, 6.45) is -2.75. The largest absolute Gasteiger partial charge is 0.405 e. The van der Waals surface area contributed by atoms with Crippen molar-refractivity contribution in [3.05, 3.63) is 30.0 Å². The number of anilines is 2. The Morgan fingerprint density at radius 2 is 1.97 bits per heavy atom. The van der Waals surface area contributed by atoms with Crippen LogP contribution in [-0.2, 0) is 0 Å². The van der Waals surface area contributed by atoms with Gasteiger partial charge in [-0.1, -0.05) is 12.1 Å². The first-order chi connectivity index (χ1) is 13.8. The van der Waals surface area contributed by atoms with E-state index in [4.69, 9.17) is 0 Å². The highest BCUT2D eigenvalue weighted by Crippen LogP contribution is 2.37. The number of aliphatic hydroxyl groups is 1. The van der Waals surface area contributed by atoms with Crippen LogP contribution in [0.5, 0.6) is 0 Å². The van der Waals surface area contributed by atoms with E-state index in [1.54, 1.807) is 6.92 Å². The Bertz CT molecular complexity index is 990. The molecule has 2 aromatic heterocycles. The highest BCUT2D eigenvalue weighted by atomic mass is 32.1. The van der Waals surface area contributed by atoms with Gasteiger partial charge < -0.3 is 15.7 Å². The van der Waals surface area contributed by atoms with Gasteiger partial charge >= 0.3 is 6.18 Å². The van der Waals surface area contributed by atoms with Crippen LogP contribution in [0.15, 0.2) is 24.3 Å². The van der Waals surface area contributed by atoms with Gasteiger partial charge in [0.1, 0.15) is 17.4 Å². The molecule has 0 saturated heterocycles. The predicted molar refractivity (Wildman–Crippen MR) is 107 cm³/mol. The molecule has 154 valence electrons. The Morgan fingerprint density at radius 3 is 2.66 bits per heavy atom. The number of nitrogens with zero attached hydrogens (tertiary/aromatic N) is 3. The van der Waals surface area contributed by atoms with Crippen molar-refractivity contribution in [2.45, 2.75) is 44.5 Å². The summed E-state index contributed by atoms with van der Waals surface area (Å²) in [5, 5.41) is 16.1. The van der Waals surface area contributed by atoms with Gasteiger partial charge in [-0.15, -0.1) is 11.3 Å². The smallest absolute Gasteiger partial charge is 0.393 e. The summed E-state index contributed by atoms with van der Waals surface area (Å²) in [7, 11) is 0. The zero-order valence-corrected chi connectivity index (χ0v) is 16.4. The maximum Gasteiger partial charge on any atom is 0.405 e. The molecule has 0 aliphatic heterocycles. The molecule has 1 aromatic carbocycles. The van der Waals surface area contributed by atoms with Crippen LogP contribution in [0.25, 0.3) is 20.8 Å². The molecule has 1 saturated carbocycles. The molecule has 4 rings (SSSR count). The first-order valence-corrected chi connectivity index (χ1v) is 10.1. The monoisotopic (exact) mass is 423 g/mol. The number of aryl methyl sites for hydroxylation is 1. The van der Waals surface area contributed by atoms with Gasteiger partial charge in [-0.25, -0.2) is 9.97 Å². The van der Waals surface area contributed by atoms with Crippen molar-refractivity contribution < 1.29 is 18.3 Å². The molecule has 29 heavy (non-hydrogen) atoms. The van der Waals surface area contributed by atoms with Crippen molar-refractivity contribution in [3.63, 3.8) is 0 Å². The topological polar surface area (TPSA) is 83.0 Å². The van der Waals surface area contributed by atoms with E-state index in [0.717, 1.165) is 16.6 Å². The summed E-state index contributed by atoms with van der Waals surface area (Å²) in [6, 6.07) is 7.69. The standard InChI is InChI=1S/C19H20F3N5OS/c1-10-15(17-26-13-4-2-3-5-14(13)29-17)16(25-11-6-7-12(28)8-11)27-18(24-10)23-9-19(20,21)22/h2-5,11-12,28H,6-9H2,1H3,(H2,23,24,25,27). The summed E-state index contributed by atoms with van der Waals surface area (Å²) in [5.41, 5.74) is 2.04. The fraction of sp³-hybridized carbons (Fsp3) is 0.421. The highest BCUT2D eigenvalue weighted by molar-refractivity contribution is 7.21. The minimum absolute atomic E-state index is 0.0112. The van der Waals surface area contributed by atoms with Crippen LogP contribution in [0, 0.1) is 6.92 Å². The number of alkyl halides is 3. The van der Waals surface area contributed by atoms with Crippen LogP contribution in [0.4, 0.5) is 24.9 Å².